The zero-order chi connectivity index (χ0) is 13.9. The molecule has 19 heavy (non-hydrogen) atoms. The standard InChI is InChI=1S/C15H20BrNO2/c1-3-4-5-9-19-15-7-6-13(11-14(15)16)12-17-8-10-18-2/h1,6-7,11,17H,4-5,8-10,12H2,2H3. The first-order valence-corrected chi connectivity index (χ1v) is 7.11. The van der Waals surface area contributed by atoms with Crippen molar-refractivity contribution in [3.05, 3.63) is 28.2 Å². The summed E-state index contributed by atoms with van der Waals surface area (Å²) in [6.07, 6.45) is 6.82. The molecule has 0 aromatic heterocycles. The van der Waals surface area contributed by atoms with Gasteiger partial charge in [0.2, 0.25) is 0 Å². The van der Waals surface area contributed by atoms with Crippen molar-refractivity contribution in [2.75, 3.05) is 26.9 Å². The molecule has 0 fully saturated rings. The molecule has 4 heteroatoms. The number of benzene rings is 1. The number of methoxy groups -OCH3 is 1. The van der Waals surface area contributed by atoms with E-state index in [1.807, 2.05) is 6.07 Å². The van der Waals surface area contributed by atoms with Crippen LogP contribution in [0.15, 0.2) is 22.7 Å². The van der Waals surface area contributed by atoms with E-state index in [4.69, 9.17) is 15.9 Å². The van der Waals surface area contributed by atoms with E-state index >= 15 is 0 Å². The van der Waals surface area contributed by atoms with Gasteiger partial charge in [0, 0.05) is 26.6 Å². The fourth-order valence-electron chi connectivity index (χ4n) is 1.53. The molecule has 3 nitrogen and oxygen atoms in total. The van der Waals surface area contributed by atoms with Gasteiger partial charge in [-0.05, 0) is 40.0 Å². The van der Waals surface area contributed by atoms with Gasteiger partial charge >= 0.3 is 0 Å². The molecule has 0 heterocycles. The van der Waals surface area contributed by atoms with Crippen LogP contribution in [0, 0.1) is 12.3 Å². The molecule has 0 radical (unpaired) electrons. The van der Waals surface area contributed by atoms with Crippen LogP contribution in [0.1, 0.15) is 18.4 Å². The average Bonchev–Trinajstić information content (AvgIpc) is 2.42. The molecule has 0 amide bonds. The molecule has 0 bridgehead atoms. The zero-order valence-corrected chi connectivity index (χ0v) is 12.8. The molecule has 1 rings (SSSR count). The van der Waals surface area contributed by atoms with Gasteiger partial charge in [0.15, 0.2) is 0 Å². The van der Waals surface area contributed by atoms with Gasteiger partial charge in [-0.3, -0.25) is 0 Å². The lowest BCUT2D eigenvalue weighted by Gasteiger charge is -2.10. The molecule has 0 aliphatic rings. The Kier molecular flexibility index (Phi) is 8.31. The Labute approximate surface area is 123 Å². The number of unbranched alkanes of at least 4 members (excludes halogenated alkanes) is 1. The van der Waals surface area contributed by atoms with E-state index in [0.29, 0.717) is 6.61 Å². The molecule has 0 atom stereocenters. The molecule has 0 saturated heterocycles. The van der Waals surface area contributed by atoms with E-state index in [0.717, 1.165) is 42.8 Å². The summed E-state index contributed by atoms with van der Waals surface area (Å²) < 4.78 is 11.6. The van der Waals surface area contributed by atoms with Crippen molar-refractivity contribution >= 4 is 15.9 Å². The predicted octanol–water partition coefficient (Wildman–Crippen LogP) is 2.98. The third-order valence-corrected chi connectivity index (χ3v) is 3.15. The van der Waals surface area contributed by atoms with Crippen LogP contribution in [-0.2, 0) is 11.3 Å². The van der Waals surface area contributed by atoms with Gasteiger partial charge in [0.25, 0.3) is 0 Å². The van der Waals surface area contributed by atoms with E-state index in [1.165, 1.54) is 5.56 Å². The maximum absolute atomic E-state index is 5.65. The van der Waals surface area contributed by atoms with E-state index in [1.54, 1.807) is 7.11 Å². The minimum Gasteiger partial charge on any atom is -0.492 e. The highest BCUT2D eigenvalue weighted by Crippen LogP contribution is 2.26. The van der Waals surface area contributed by atoms with Crippen molar-refractivity contribution in [3.8, 4) is 18.1 Å². The summed E-state index contributed by atoms with van der Waals surface area (Å²) in [5.41, 5.74) is 1.21. The van der Waals surface area contributed by atoms with Gasteiger partial charge in [0.1, 0.15) is 5.75 Å². The van der Waals surface area contributed by atoms with E-state index < -0.39 is 0 Å². The molecule has 0 spiro atoms. The maximum Gasteiger partial charge on any atom is 0.133 e. The topological polar surface area (TPSA) is 30.5 Å². The first-order valence-electron chi connectivity index (χ1n) is 6.32. The summed E-state index contributed by atoms with van der Waals surface area (Å²) in [6, 6.07) is 6.10. The van der Waals surface area contributed by atoms with Gasteiger partial charge in [-0.2, -0.15) is 0 Å². The van der Waals surface area contributed by atoms with E-state index in [9.17, 15) is 0 Å². The van der Waals surface area contributed by atoms with Crippen LogP contribution >= 0.6 is 15.9 Å². The van der Waals surface area contributed by atoms with Crippen LogP contribution in [-0.4, -0.2) is 26.9 Å². The third kappa shape index (κ3) is 6.63. The number of nitrogens with one attached hydrogen (secondary N) is 1. The third-order valence-electron chi connectivity index (χ3n) is 2.53. The number of rotatable bonds is 9. The molecule has 0 unspecified atom stereocenters. The van der Waals surface area contributed by atoms with Crippen LogP contribution in [0.3, 0.4) is 0 Å². The van der Waals surface area contributed by atoms with Gasteiger partial charge in [-0.25, -0.2) is 0 Å². The quantitative estimate of drug-likeness (QED) is 0.559. The number of hydrogen-bond donors (Lipinski definition) is 1. The number of halogens is 1. The van der Waals surface area contributed by atoms with E-state index in [-0.39, 0.29) is 0 Å². The molecule has 0 saturated carbocycles. The Balaban J connectivity index is 2.39. The lowest BCUT2D eigenvalue weighted by atomic mass is 10.2. The lowest BCUT2D eigenvalue weighted by molar-refractivity contribution is 0.199. The fraction of sp³-hybridized carbons (Fsp3) is 0.467. The van der Waals surface area contributed by atoms with Gasteiger partial charge < -0.3 is 14.8 Å². The van der Waals surface area contributed by atoms with Crippen LogP contribution in [0.5, 0.6) is 5.75 Å². The number of hydrogen-bond acceptors (Lipinski definition) is 3. The van der Waals surface area contributed by atoms with Gasteiger partial charge in [-0.1, -0.05) is 6.07 Å². The average molecular weight is 326 g/mol. The Bertz CT molecular complexity index is 415. The second kappa shape index (κ2) is 9.85. The van der Waals surface area contributed by atoms with Crippen molar-refractivity contribution in [1.82, 2.24) is 5.32 Å². The summed E-state index contributed by atoms with van der Waals surface area (Å²) in [4.78, 5) is 0. The van der Waals surface area contributed by atoms with Crippen molar-refractivity contribution in [1.29, 1.82) is 0 Å². The lowest BCUT2D eigenvalue weighted by Crippen LogP contribution is -2.18. The molecule has 0 aliphatic heterocycles. The predicted molar refractivity (Wildman–Crippen MR) is 81.3 cm³/mol. The largest absolute Gasteiger partial charge is 0.492 e. The molecule has 1 aromatic carbocycles. The van der Waals surface area contributed by atoms with Crippen molar-refractivity contribution in [2.45, 2.75) is 19.4 Å². The van der Waals surface area contributed by atoms with Crippen LogP contribution in [0.4, 0.5) is 0 Å². The Morgan fingerprint density at radius 2 is 2.21 bits per heavy atom. The summed E-state index contributed by atoms with van der Waals surface area (Å²) in [6.45, 7) is 3.03. The minimum absolute atomic E-state index is 0.647. The smallest absolute Gasteiger partial charge is 0.133 e. The van der Waals surface area contributed by atoms with Crippen molar-refractivity contribution < 1.29 is 9.47 Å². The first-order chi connectivity index (χ1) is 9.27. The first kappa shape index (κ1) is 16.0. The van der Waals surface area contributed by atoms with Crippen molar-refractivity contribution in [3.63, 3.8) is 0 Å². The SMILES string of the molecule is C#CCCCOc1ccc(CNCCOC)cc1Br. The van der Waals surface area contributed by atoms with Crippen LogP contribution in [0.25, 0.3) is 0 Å². The second-order valence-electron chi connectivity index (χ2n) is 4.09. The minimum atomic E-state index is 0.647. The molecular weight excluding hydrogens is 306 g/mol. The number of terminal acetylenes is 1. The highest BCUT2D eigenvalue weighted by Gasteiger charge is 2.02. The van der Waals surface area contributed by atoms with Crippen LogP contribution < -0.4 is 10.1 Å². The summed E-state index contributed by atoms with van der Waals surface area (Å²) in [5.74, 6) is 3.46. The Hall–Kier alpha value is -1.02. The molecular formula is C15H20BrNO2. The summed E-state index contributed by atoms with van der Waals surface area (Å²) in [5, 5.41) is 3.30. The highest BCUT2D eigenvalue weighted by molar-refractivity contribution is 9.10. The second-order valence-corrected chi connectivity index (χ2v) is 4.94. The summed E-state index contributed by atoms with van der Waals surface area (Å²) >= 11 is 3.52. The maximum atomic E-state index is 5.65. The molecule has 0 aliphatic carbocycles. The highest BCUT2D eigenvalue weighted by atomic mass is 79.9. The monoisotopic (exact) mass is 325 g/mol. The fourth-order valence-corrected chi connectivity index (χ4v) is 2.08. The molecule has 1 N–H and O–H groups in total. The van der Waals surface area contributed by atoms with Crippen molar-refractivity contribution in [2.24, 2.45) is 0 Å². The van der Waals surface area contributed by atoms with Gasteiger partial charge in [-0.15, -0.1) is 12.3 Å². The van der Waals surface area contributed by atoms with E-state index in [2.05, 4.69) is 39.3 Å². The zero-order valence-electron chi connectivity index (χ0n) is 11.2. The van der Waals surface area contributed by atoms with Gasteiger partial charge in [0.05, 0.1) is 17.7 Å². The Morgan fingerprint density at radius 3 is 2.89 bits per heavy atom. The van der Waals surface area contributed by atoms with Crippen LogP contribution in [0.2, 0.25) is 0 Å². The number of ether oxygens (including phenoxy) is 2. The summed E-state index contributed by atoms with van der Waals surface area (Å²) in [7, 11) is 1.70. The Morgan fingerprint density at radius 1 is 1.37 bits per heavy atom. The normalized spacial score (nSPS) is 10.2. The molecule has 1 aromatic rings. The molecule has 104 valence electrons.